The van der Waals surface area contributed by atoms with Crippen molar-refractivity contribution in [3.8, 4) is 17.2 Å². The maximum atomic E-state index is 12.7. The van der Waals surface area contributed by atoms with Crippen LogP contribution >= 0.6 is 15.9 Å². The molecule has 2 aromatic rings. The molecule has 0 radical (unpaired) electrons. The Labute approximate surface area is 168 Å². The number of nitrogens with one attached hydrogen (secondary N) is 1. The maximum Gasteiger partial charge on any atom is 0.261 e. The van der Waals surface area contributed by atoms with Crippen LogP contribution in [0.3, 0.4) is 0 Å². The van der Waals surface area contributed by atoms with Crippen molar-refractivity contribution in [1.29, 1.82) is 0 Å². The number of carbonyl (C=O) groups excluding carboxylic acids is 1. The van der Waals surface area contributed by atoms with Crippen molar-refractivity contribution in [2.75, 3.05) is 7.11 Å². The van der Waals surface area contributed by atoms with Crippen LogP contribution in [0.5, 0.6) is 17.2 Å². The first-order valence-corrected chi connectivity index (χ1v) is 9.66. The van der Waals surface area contributed by atoms with E-state index in [2.05, 4.69) is 21.2 Å². The van der Waals surface area contributed by atoms with Gasteiger partial charge in [0.05, 0.1) is 13.2 Å². The van der Waals surface area contributed by atoms with E-state index in [-0.39, 0.29) is 17.6 Å². The van der Waals surface area contributed by atoms with Crippen LogP contribution in [0.4, 0.5) is 0 Å². The number of rotatable bonds is 5. The van der Waals surface area contributed by atoms with Gasteiger partial charge in [-0.15, -0.1) is 0 Å². The second-order valence-corrected chi connectivity index (χ2v) is 8.16. The summed E-state index contributed by atoms with van der Waals surface area (Å²) in [7, 11) is 1.62. The number of fused-ring (bicyclic) bond motifs is 1. The third kappa shape index (κ3) is 4.75. The monoisotopic (exact) mass is 433 g/mol. The summed E-state index contributed by atoms with van der Waals surface area (Å²) in [5.74, 6) is 1.97. The molecule has 2 unspecified atom stereocenters. The van der Waals surface area contributed by atoms with Crippen molar-refractivity contribution in [2.45, 2.75) is 44.9 Å². The molecular weight excluding hydrogens is 410 g/mol. The predicted molar refractivity (Wildman–Crippen MR) is 107 cm³/mol. The van der Waals surface area contributed by atoms with Crippen molar-refractivity contribution in [3.63, 3.8) is 0 Å². The summed E-state index contributed by atoms with van der Waals surface area (Å²) < 4.78 is 18.1. The summed E-state index contributed by atoms with van der Waals surface area (Å²) in [6, 6.07) is 12.9. The van der Waals surface area contributed by atoms with E-state index in [1.54, 1.807) is 14.0 Å². The molecule has 2 aromatic carbocycles. The Bertz CT molecular complexity index is 819. The van der Waals surface area contributed by atoms with Gasteiger partial charge in [-0.05, 0) is 63.2 Å². The molecule has 1 aliphatic rings. The summed E-state index contributed by atoms with van der Waals surface area (Å²) in [5.41, 5.74) is 0.535. The van der Waals surface area contributed by atoms with E-state index in [0.717, 1.165) is 21.5 Å². The standard InChI is InChI=1S/C21H24BrNO4/c1-13(26-15-7-5-14(22)6-8-15)20(24)23-18-12-21(2,3)27-19-10-9-16(25-4)11-17(18)19/h5-11,13,18H,12H2,1-4H3,(H,23,24). The molecule has 0 bridgehead atoms. The molecule has 5 nitrogen and oxygen atoms in total. The molecule has 1 aliphatic heterocycles. The predicted octanol–water partition coefficient (Wildman–Crippen LogP) is 4.64. The fourth-order valence-electron chi connectivity index (χ4n) is 3.15. The molecular formula is C21H24BrNO4. The van der Waals surface area contributed by atoms with Crippen LogP contribution in [0.1, 0.15) is 38.8 Å². The van der Waals surface area contributed by atoms with Crippen LogP contribution < -0.4 is 19.5 Å². The van der Waals surface area contributed by atoms with Crippen molar-refractivity contribution < 1.29 is 19.0 Å². The van der Waals surface area contributed by atoms with Gasteiger partial charge in [0.2, 0.25) is 0 Å². The smallest absolute Gasteiger partial charge is 0.261 e. The number of halogens is 1. The number of benzene rings is 2. The Morgan fingerprint density at radius 1 is 1.22 bits per heavy atom. The number of carbonyl (C=O) groups is 1. The largest absolute Gasteiger partial charge is 0.497 e. The normalized spacial score (nSPS) is 18.6. The minimum absolute atomic E-state index is 0.172. The van der Waals surface area contributed by atoms with E-state index < -0.39 is 6.10 Å². The van der Waals surface area contributed by atoms with Gasteiger partial charge < -0.3 is 19.5 Å². The molecule has 1 amide bonds. The van der Waals surface area contributed by atoms with E-state index in [4.69, 9.17) is 14.2 Å². The molecule has 0 aliphatic carbocycles. The molecule has 27 heavy (non-hydrogen) atoms. The molecule has 144 valence electrons. The van der Waals surface area contributed by atoms with Crippen molar-refractivity contribution in [3.05, 3.63) is 52.5 Å². The summed E-state index contributed by atoms with van der Waals surface area (Å²) in [6.07, 6.45) is 0.0374. The van der Waals surface area contributed by atoms with Crippen molar-refractivity contribution in [1.82, 2.24) is 5.32 Å². The molecule has 2 atom stereocenters. The Morgan fingerprint density at radius 3 is 2.56 bits per heavy atom. The molecule has 0 fully saturated rings. The fourth-order valence-corrected chi connectivity index (χ4v) is 3.41. The Balaban J connectivity index is 1.75. The van der Waals surface area contributed by atoms with Gasteiger partial charge in [-0.1, -0.05) is 15.9 Å². The van der Waals surface area contributed by atoms with Crippen molar-refractivity contribution >= 4 is 21.8 Å². The lowest BCUT2D eigenvalue weighted by molar-refractivity contribution is -0.128. The van der Waals surface area contributed by atoms with Gasteiger partial charge in [0.25, 0.3) is 5.91 Å². The Kier molecular flexibility index (Phi) is 5.65. The van der Waals surface area contributed by atoms with Gasteiger partial charge in [-0.3, -0.25) is 4.79 Å². The number of methoxy groups -OCH3 is 1. The number of ether oxygens (including phenoxy) is 3. The Morgan fingerprint density at radius 2 is 1.89 bits per heavy atom. The highest BCUT2D eigenvalue weighted by Crippen LogP contribution is 2.41. The molecule has 1 heterocycles. The molecule has 3 rings (SSSR count). The SMILES string of the molecule is COc1ccc2c(c1)C(NC(=O)C(C)Oc1ccc(Br)cc1)CC(C)(C)O2. The van der Waals surface area contributed by atoms with Crippen LogP contribution in [0.15, 0.2) is 46.9 Å². The van der Waals surface area contributed by atoms with Gasteiger partial charge in [-0.25, -0.2) is 0 Å². The topological polar surface area (TPSA) is 56.8 Å². The third-order valence-electron chi connectivity index (χ3n) is 4.49. The number of hydrogen-bond donors (Lipinski definition) is 1. The lowest BCUT2D eigenvalue weighted by atomic mass is 9.89. The highest BCUT2D eigenvalue weighted by atomic mass is 79.9. The van der Waals surface area contributed by atoms with Crippen LogP contribution in [-0.4, -0.2) is 24.7 Å². The average molecular weight is 434 g/mol. The van der Waals surface area contributed by atoms with E-state index in [9.17, 15) is 4.79 Å². The van der Waals surface area contributed by atoms with Crippen LogP contribution in [0, 0.1) is 0 Å². The van der Waals surface area contributed by atoms with Crippen LogP contribution in [0.25, 0.3) is 0 Å². The van der Waals surface area contributed by atoms with Crippen LogP contribution in [0.2, 0.25) is 0 Å². The quantitative estimate of drug-likeness (QED) is 0.745. The highest BCUT2D eigenvalue weighted by Gasteiger charge is 2.35. The summed E-state index contributed by atoms with van der Waals surface area (Å²) >= 11 is 3.39. The Hall–Kier alpha value is -2.21. The average Bonchev–Trinajstić information content (AvgIpc) is 2.62. The first-order chi connectivity index (χ1) is 12.8. The lowest BCUT2D eigenvalue weighted by Crippen LogP contribution is -2.44. The van der Waals surface area contributed by atoms with Gasteiger partial charge in [0, 0.05) is 16.5 Å². The first-order valence-electron chi connectivity index (χ1n) is 8.87. The maximum absolute atomic E-state index is 12.7. The van der Waals surface area contributed by atoms with Crippen LogP contribution in [-0.2, 0) is 4.79 Å². The molecule has 6 heteroatoms. The van der Waals surface area contributed by atoms with E-state index >= 15 is 0 Å². The van der Waals surface area contributed by atoms with E-state index in [1.807, 2.05) is 56.3 Å². The zero-order chi connectivity index (χ0) is 19.6. The summed E-state index contributed by atoms with van der Waals surface area (Å²) in [5, 5.41) is 3.10. The van der Waals surface area contributed by atoms with Gasteiger partial charge >= 0.3 is 0 Å². The summed E-state index contributed by atoms with van der Waals surface area (Å²) in [4.78, 5) is 12.7. The van der Waals surface area contributed by atoms with E-state index in [0.29, 0.717) is 12.2 Å². The van der Waals surface area contributed by atoms with Gasteiger partial charge in [-0.2, -0.15) is 0 Å². The third-order valence-corrected chi connectivity index (χ3v) is 5.02. The van der Waals surface area contributed by atoms with E-state index in [1.165, 1.54) is 0 Å². The number of amides is 1. The number of hydrogen-bond acceptors (Lipinski definition) is 4. The minimum Gasteiger partial charge on any atom is -0.497 e. The summed E-state index contributed by atoms with van der Waals surface area (Å²) in [6.45, 7) is 5.77. The zero-order valence-corrected chi connectivity index (χ0v) is 17.5. The fraction of sp³-hybridized carbons (Fsp3) is 0.381. The lowest BCUT2D eigenvalue weighted by Gasteiger charge is -2.38. The second kappa shape index (κ2) is 7.80. The second-order valence-electron chi connectivity index (χ2n) is 7.24. The molecule has 0 saturated heterocycles. The highest BCUT2D eigenvalue weighted by molar-refractivity contribution is 9.10. The zero-order valence-electron chi connectivity index (χ0n) is 15.9. The minimum atomic E-state index is -0.619. The molecule has 1 N–H and O–H groups in total. The molecule has 0 aromatic heterocycles. The first kappa shape index (κ1) is 19.5. The van der Waals surface area contributed by atoms with Gasteiger partial charge in [0.1, 0.15) is 22.8 Å². The van der Waals surface area contributed by atoms with Gasteiger partial charge in [0.15, 0.2) is 6.10 Å². The molecule has 0 spiro atoms. The van der Waals surface area contributed by atoms with Crippen molar-refractivity contribution in [2.24, 2.45) is 0 Å². The molecule has 0 saturated carbocycles.